The van der Waals surface area contributed by atoms with Gasteiger partial charge >= 0.3 is 0 Å². The first-order valence-electron chi connectivity index (χ1n) is 6.70. The molecule has 0 aliphatic carbocycles. The minimum atomic E-state index is -0.0492. The summed E-state index contributed by atoms with van der Waals surface area (Å²) in [5.41, 5.74) is 2.97. The Morgan fingerprint density at radius 3 is 2.63 bits per heavy atom. The van der Waals surface area contributed by atoms with Crippen LogP contribution < -0.4 is 0 Å². The van der Waals surface area contributed by atoms with Crippen LogP contribution >= 0.6 is 0 Å². The van der Waals surface area contributed by atoms with E-state index in [1.807, 2.05) is 50.8 Å². The lowest BCUT2D eigenvalue weighted by atomic mass is 10.0. The molecule has 1 unspecified atom stereocenters. The summed E-state index contributed by atoms with van der Waals surface area (Å²) < 4.78 is 0. The van der Waals surface area contributed by atoms with Gasteiger partial charge in [0.15, 0.2) is 5.78 Å². The minimum Gasteiger partial charge on any atom is -0.295 e. The number of hydrogen-bond acceptors (Lipinski definition) is 3. The highest BCUT2D eigenvalue weighted by atomic mass is 16.1. The van der Waals surface area contributed by atoms with E-state index in [2.05, 4.69) is 6.07 Å². The van der Waals surface area contributed by atoms with Crippen molar-refractivity contribution >= 4 is 5.78 Å². The molecular formula is C16H22N2O. The zero-order valence-corrected chi connectivity index (χ0v) is 12.2. The standard InChI is InChI=1S/C16H22N2O/c1-5-18(10-13(3)9-17)11-16(19)15-7-6-12(2)8-14(15)4/h6-8,13H,5,10-11H2,1-4H3. The fourth-order valence-electron chi connectivity index (χ4n) is 2.15. The van der Waals surface area contributed by atoms with Crippen molar-refractivity contribution in [2.45, 2.75) is 27.7 Å². The summed E-state index contributed by atoms with van der Waals surface area (Å²) >= 11 is 0. The van der Waals surface area contributed by atoms with Gasteiger partial charge in [0, 0.05) is 12.1 Å². The van der Waals surface area contributed by atoms with E-state index in [0.29, 0.717) is 13.1 Å². The normalized spacial score (nSPS) is 12.2. The summed E-state index contributed by atoms with van der Waals surface area (Å²) in [6.45, 7) is 9.69. The molecular weight excluding hydrogens is 236 g/mol. The number of aryl methyl sites for hydroxylation is 2. The Labute approximate surface area is 115 Å². The molecule has 0 aliphatic heterocycles. The fourth-order valence-corrected chi connectivity index (χ4v) is 2.15. The van der Waals surface area contributed by atoms with Gasteiger partial charge in [-0.3, -0.25) is 9.69 Å². The van der Waals surface area contributed by atoms with Crippen molar-refractivity contribution in [3.63, 3.8) is 0 Å². The van der Waals surface area contributed by atoms with Crippen molar-refractivity contribution in [3.8, 4) is 6.07 Å². The first-order valence-corrected chi connectivity index (χ1v) is 6.70. The van der Waals surface area contributed by atoms with Crippen molar-refractivity contribution < 1.29 is 4.79 Å². The molecule has 0 heterocycles. The van der Waals surface area contributed by atoms with Crippen molar-refractivity contribution in [1.82, 2.24) is 4.90 Å². The van der Waals surface area contributed by atoms with E-state index in [-0.39, 0.29) is 11.7 Å². The van der Waals surface area contributed by atoms with Gasteiger partial charge in [-0.25, -0.2) is 0 Å². The van der Waals surface area contributed by atoms with Crippen LogP contribution in [-0.4, -0.2) is 30.3 Å². The zero-order chi connectivity index (χ0) is 14.4. The highest BCUT2D eigenvalue weighted by Crippen LogP contribution is 2.12. The number of rotatable bonds is 6. The third kappa shape index (κ3) is 4.50. The Morgan fingerprint density at radius 1 is 1.42 bits per heavy atom. The van der Waals surface area contributed by atoms with E-state index < -0.39 is 0 Å². The summed E-state index contributed by atoms with van der Waals surface area (Å²) in [6, 6.07) is 8.10. The van der Waals surface area contributed by atoms with Crippen molar-refractivity contribution in [3.05, 3.63) is 34.9 Å². The van der Waals surface area contributed by atoms with Gasteiger partial charge in [-0.1, -0.05) is 30.7 Å². The monoisotopic (exact) mass is 258 g/mol. The SMILES string of the molecule is CCN(CC(=O)c1ccc(C)cc1C)CC(C)C#N. The summed E-state index contributed by atoms with van der Waals surface area (Å²) in [5.74, 6) is 0.0800. The molecule has 0 N–H and O–H groups in total. The lowest BCUT2D eigenvalue weighted by molar-refractivity contribution is 0.0928. The maximum Gasteiger partial charge on any atom is 0.177 e. The van der Waals surface area contributed by atoms with E-state index in [4.69, 9.17) is 5.26 Å². The summed E-state index contributed by atoms with van der Waals surface area (Å²) in [4.78, 5) is 14.3. The zero-order valence-electron chi connectivity index (χ0n) is 12.2. The lowest BCUT2D eigenvalue weighted by Gasteiger charge is -2.21. The van der Waals surface area contributed by atoms with Crippen LogP contribution in [0, 0.1) is 31.1 Å². The average Bonchev–Trinajstić information content (AvgIpc) is 2.37. The van der Waals surface area contributed by atoms with Crippen LogP contribution in [0.5, 0.6) is 0 Å². The number of benzene rings is 1. The van der Waals surface area contributed by atoms with Crippen LogP contribution in [0.1, 0.15) is 35.3 Å². The van der Waals surface area contributed by atoms with E-state index in [1.54, 1.807) is 0 Å². The highest BCUT2D eigenvalue weighted by molar-refractivity contribution is 5.98. The largest absolute Gasteiger partial charge is 0.295 e. The molecule has 0 radical (unpaired) electrons. The lowest BCUT2D eigenvalue weighted by Crippen LogP contribution is -2.33. The van der Waals surface area contributed by atoms with E-state index in [0.717, 1.165) is 17.7 Å². The number of hydrogen-bond donors (Lipinski definition) is 0. The second kappa shape index (κ2) is 7.06. The maximum absolute atomic E-state index is 12.3. The van der Waals surface area contributed by atoms with E-state index in [1.165, 1.54) is 5.56 Å². The van der Waals surface area contributed by atoms with Crippen LogP contribution in [0.3, 0.4) is 0 Å². The summed E-state index contributed by atoms with van der Waals surface area (Å²) in [7, 11) is 0. The minimum absolute atomic E-state index is 0.0492. The van der Waals surface area contributed by atoms with Gasteiger partial charge in [0.25, 0.3) is 0 Å². The van der Waals surface area contributed by atoms with Gasteiger partial charge in [0.2, 0.25) is 0 Å². The Hall–Kier alpha value is -1.66. The molecule has 1 aromatic carbocycles. The molecule has 0 bridgehead atoms. The first kappa shape index (κ1) is 15.4. The third-order valence-electron chi connectivity index (χ3n) is 3.25. The molecule has 0 saturated heterocycles. The topological polar surface area (TPSA) is 44.1 Å². The molecule has 3 heteroatoms. The Balaban J connectivity index is 2.75. The molecule has 3 nitrogen and oxygen atoms in total. The first-order chi connectivity index (χ1) is 8.97. The van der Waals surface area contributed by atoms with Gasteiger partial charge in [-0.05, 0) is 32.9 Å². The molecule has 0 aromatic heterocycles. The number of Topliss-reactive ketones (excluding diaryl/α,β-unsaturated/α-hetero) is 1. The van der Waals surface area contributed by atoms with Crippen molar-refractivity contribution in [2.75, 3.05) is 19.6 Å². The van der Waals surface area contributed by atoms with Crippen molar-refractivity contribution in [1.29, 1.82) is 5.26 Å². The van der Waals surface area contributed by atoms with Gasteiger partial charge < -0.3 is 0 Å². The average molecular weight is 258 g/mol. The number of likely N-dealkylation sites (N-methyl/N-ethyl adjacent to an activating group) is 1. The number of ketones is 1. The fraction of sp³-hybridized carbons (Fsp3) is 0.500. The highest BCUT2D eigenvalue weighted by Gasteiger charge is 2.15. The Kier molecular flexibility index (Phi) is 5.72. The van der Waals surface area contributed by atoms with Gasteiger partial charge in [-0.15, -0.1) is 0 Å². The van der Waals surface area contributed by atoms with E-state index in [9.17, 15) is 4.79 Å². The predicted octanol–water partition coefficient (Wildman–Crippen LogP) is 2.97. The predicted molar refractivity (Wildman–Crippen MR) is 77.1 cm³/mol. The molecule has 1 atom stereocenters. The molecule has 102 valence electrons. The summed E-state index contributed by atoms with van der Waals surface area (Å²) in [6.07, 6.45) is 0. The third-order valence-corrected chi connectivity index (χ3v) is 3.25. The van der Waals surface area contributed by atoms with Crippen molar-refractivity contribution in [2.24, 2.45) is 5.92 Å². The smallest absolute Gasteiger partial charge is 0.177 e. The Bertz CT molecular complexity index is 488. The number of carbonyl (C=O) groups excluding carboxylic acids is 1. The number of carbonyl (C=O) groups is 1. The Morgan fingerprint density at radius 2 is 2.11 bits per heavy atom. The van der Waals surface area contributed by atoms with Crippen LogP contribution in [0.25, 0.3) is 0 Å². The van der Waals surface area contributed by atoms with Gasteiger partial charge in [0.1, 0.15) is 0 Å². The number of nitriles is 1. The van der Waals surface area contributed by atoms with Crippen LogP contribution in [0.4, 0.5) is 0 Å². The molecule has 0 aliphatic rings. The van der Waals surface area contributed by atoms with Gasteiger partial charge in [0.05, 0.1) is 18.5 Å². The molecule has 0 fully saturated rings. The van der Waals surface area contributed by atoms with Crippen LogP contribution in [0.2, 0.25) is 0 Å². The quantitative estimate of drug-likeness (QED) is 0.737. The molecule has 0 spiro atoms. The van der Waals surface area contributed by atoms with Crippen LogP contribution in [0.15, 0.2) is 18.2 Å². The maximum atomic E-state index is 12.3. The molecule has 0 amide bonds. The molecule has 0 saturated carbocycles. The van der Waals surface area contributed by atoms with E-state index >= 15 is 0 Å². The molecule has 19 heavy (non-hydrogen) atoms. The molecule has 1 aromatic rings. The van der Waals surface area contributed by atoms with Gasteiger partial charge in [-0.2, -0.15) is 5.26 Å². The van der Waals surface area contributed by atoms with Crippen LogP contribution in [-0.2, 0) is 0 Å². The number of nitrogens with zero attached hydrogens (tertiary/aromatic N) is 2. The second-order valence-electron chi connectivity index (χ2n) is 5.10. The molecule has 1 rings (SSSR count). The summed E-state index contributed by atoms with van der Waals surface area (Å²) in [5, 5.41) is 8.84. The second-order valence-corrected chi connectivity index (χ2v) is 5.10.